The molecule has 1 atom stereocenters. The predicted molar refractivity (Wildman–Crippen MR) is 93.8 cm³/mol. The lowest BCUT2D eigenvalue weighted by molar-refractivity contribution is -0.384. The van der Waals surface area contributed by atoms with Crippen LogP contribution >= 0.6 is 0 Å². The van der Waals surface area contributed by atoms with Crippen LogP contribution in [-0.4, -0.2) is 30.0 Å². The molecule has 1 aliphatic carbocycles. The molecule has 0 spiro atoms. The number of benzene rings is 1. The van der Waals surface area contributed by atoms with E-state index in [1.165, 1.54) is 25.3 Å². The molecule has 1 aromatic rings. The summed E-state index contributed by atoms with van der Waals surface area (Å²) in [5.41, 5.74) is 6.26. The van der Waals surface area contributed by atoms with Crippen molar-refractivity contribution in [2.45, 2.75) is 44.6 Å². The Bertz CT molecular complexity index is 559. The zero-order valence-corrected chi connectivity index (χ0v) is 13.9. The van der Waals surface area contributed by atoms with Crippen molar-refractivity contribution in [3.63, 3.8) is 0 Å². The number of nitrogens with one attached hydrogen (secondary N) is 2. The van der Waals surface area contributed by atoms with Crippen molar-refractivity contribution in [1.29, 1.82) is 0 Å². The van der Waals surface area contributed by atoms with E-state index in [4.69, 9.17) is 5.73 Å². The van der Waals surface area contributed by atoms with E-state index < -0.39 is 4.92 Å². The first-order valence-corrected chi connectivity index (χ1v) is 8.58. The number of para-hydroxylation sites is 2. The summed E-state index contributed by atoms with van der Waals surface area (Å²) in [6.45, 7) is 0.798. The summed E-state index contributed by atoms with van der Waals surface area (Å²) in [6.07, 6.45) is 6.18. The predicted octanol–water partition coefficient (Wildman–Crippen LogP) is 2.42. The Kier molecular flexibility index (Phi) is 6.99. The van der Waals surface area contributed by atoms with Crippen LogP contribution in [0.2, 0.25) is 0 Å². The molecule has 1 aliphatic rings. The van der Waals surface area contributed by atoms with Crippen molar-refractivity contribution in [3.8, 4) is 0 Å². The summed E-state index contributed by atoms with van der Waals surface area (Å²) in [5, 5.41) is 16.9. The van der Waals surface area contributed by atoms with Crippen LogP contribution in [-0.2, 0) is 4.79 Å². The zero-order chi connectivity index (χ0) is 17.4. The number of hydrogen-bond acceptors (Lipinski definition) is 5. The fraction of sp³-hybridized carbons (Fsp3) is 0.588. The third kappa shape index (κ3) is 5.19. The average molecular weight is 334 g/mol. The summed E-state index contributed by atoms with van der Waals surface area (Å²) in [6, 6.07) is 6.45. The molecule has 1 unspecified atom stereocenters. The molecule has 24 heavy (non-hydrogen) atoms. The van der Waals surface area contributed by atoms with Crippen molar-refractivity contribution in [1.82, 2.24) is 5.32 Å². The molecule has 1 saturated carbocycles. The highest BCUT2D eigenvalue weighted by Crippen LogP contribution is 2.26. The maximum atomic E-state index is 12.1. The Labute approximate surface area is 142 Å². The van der Waals surface area contributed by atoms with Gasteiger partial charge < -0.3 is 16.4 Å². The number of nitrogens with two attached hydrogens (primary N) is 1. The van der Waals surface area contributed by atoms with Gasteiger partial charge >= 0.3 is 0 Å². The van der Waals surface area contributed by atoms with Crippen LogP contribution in [0, 0.1) is 16.0 Å². The van der Waals surface area contributed by atoms with Gasteiger partial charge in [-0.1, -0.05) is 31.4 Å². The number of hydrogen-bond donors (Lipinski definition) is 3. The Hall–Kier alpha value is -2.15. The van der Waals surface area contributed by atoms with E-state index in [1.54, 1.807) is 18.2 Å². The summed E-state index contributed by atoms with van der Waals surface area (Å²) in [7, 11) is 0. The van der Waals surface area contributed by atoms with Gasteiger partial charge in [0.05, 0.1) is 4.92 Å². The van der Waals surface area contributed by atoms with Crippen LogP contribution < -0.4 is 16.4 Å². The monoisotopic (exact) mass is 334 g/mol. The van der Waals surface area contributed by atoms with E-state index in [0.717, 1.165) is 12.8 Å². The highest BCUT2D eigenvalue weighted by atomic mass is 16.6. The molecule has 0 saturated heterocycles. The first-order chi connectivity index (χ1) is 11.6. The number of nitrogens with zero attached hydrogens (tertiary/aromatic N) is 1. The van der Waals surface area contributed by atoms with Crippen LogP contribution in [0.25, 0.3) is 0 Å². The van der Waals surface area contributed by atoms with Gasteiger partial charge in [-0.3, -0.25) is 14.9 Å². The molecule has 1 amide bonds. The Morgan fingerprint density at radius 2 is 2.00 bits per heavy atom. The van der Waals surface area contributed by atoms with E-state index in [1.807, 2.05) is 0 Å². The Balaban J connectivity index is 1.79. The minimum atomic E-state index is -0.435. The highest BCUT2D eigenvalue weighted by molar-refractivity contribution is 5.77. The fourth-order valence-corrected chi connectivity index (χ4v) is 3.28. The lowest BCUT2D eigenvalue weighted by Gasteiger charge is -2.30. The highest BCUT2D eigenvalue weighted by Gasteiger charge is 2.23. The van der Waals surface area contributed by atoms with E-state index in [9.17, 15) is 14.9 Å². The van der Waals surface area contributed by atoms with Gasteiger partial charge in [-0.25, -0.2) is 0 Å². The maximum absolute atomic E-state index is 12.1. The zero-order valence-electron chi connectivity index (χ0n) is 13.9. The summed E-state index contributed by atoms with van der Waals surface area (Å²) < 4.78 is 0. The van der Waals surface area contributed by atoms with Crippen LogP contribution in [0.15, 0.2) is 24.3 Å². The van der Waals surface area contributed by atoms with Crippen molar-refractivity contribution < 1.29 is 9.72 Å². The number of rotatable bonds is 8. The first kappa shape index (κ1) is 18.2. The number of amides is 1. The van der Waals surface area contributed by atoms with Crippen molar-refractivity contribution in [3.05, 3.63) is 34.4 Å². The minimum absolute atomic E-state index is 0.0138. The van der Waals surface area contributed by atoms with Crippen LogP contribution in [0.1, 0.15) is 38.5 Å². The quantitative estimate of drug-likeness (QED) is 0.499. The fourth-order valence-electron chi connectivity index (χ4n) is 3.28. The second kappa shape index (κ2) is 9.22. The molecule has 2 rings (SSSR count). The number of nitro groups is 1. The van der Waals surface area contributed by atoms with Crippen molar-refractivity contribution in [2.75, 3.05) is 18.4 Å². The van der Waals surface area contributed by atoms with Gasteiger partial charge in [0.15, 0.2) is 0 Å². The molecular weight excluding hydrogens is 308 g/mol. The van der Waals surface area contributed by atoms with Crippen LogP contribution in [0.5, 0.6) is 0 Å². The molecule has 0 radical (unpaired) electrons. The van der Waals surface area contributed by atoms with Gasteiger partial charge in [-0.15, -0.1) is 0 Å². The van der Waals surface area contributed by atoms with Gasteiger partial charge in [0.2, 0.25) is 5.91 Å². The van der Waals surface area contributed by atoms with Gasteiger partial charge in [-0.2, -0.15) is 0 Å². The maximum Gasteiger partial charge on any atom is 0.292 e. The van der Waals surface area contributed by atoms with E-state index in [2.05, 4.69) is 10.6 Å². The molecule has 7 heteroatoms. The topological polar surface area (TPSA) is 110 Å². The molecule has 1 fully saturated rings. The molecule has 1 aromatic carbocycles. The lowest BCUT2D eigenvalue weighted by Crippen LogP contribution is -2.46. The number of carbonyl (C=O) groups is 1. The van der Waals surface area contributed by atoms with Crippen molar-refractivity contribution >= 4 is 17.3 Å². The van der Waals surface area contributed by atoms with Crippen molar-refractivity contribution in [2.24, 2.45) is 11.7 Å². The Morgan fingerprint density at radius 3 is 2.67 bits per heavy atom. The molecule has 132 valence electrons. The van der Waals surface area contributed by atoms with E-state index in [-0.39, 0.29) is 24.1 Å². The SMILES string of the molecule is NCC(NC(=O)CCNc1ccccc1[N+](=O)[O-])C1CCCCC1. The summed E-state index contributed by atoms with van der Waals surface area (Å²) in [4.78, 5) is 22.6. The molecule has 0 bridgehead atoms. The largest absolute Gasteiger partial charge is 0.379 e. The third-order valence-corrected chi connectivity index (χ3v) is 4.59. The number of nitro benzene ring substituents is 1. The normalized spacial score (nSPS) is 16.4. The second-order valence-electron chi connectivity index (χ2n) is 6.26. The van der Waals surface area contributed by atoms with Crippen LogP contribution in [0.3, 0.4) is 0 Å². The first-order valence-electron chi connectivity index (χ1n) is 8.58. The lowest BCUT2D eigenvalue weighted by atomic mass is 9.84. The minimum Gasteiger partial charge on any atom is -0.379 e. The summed E-state index contributed by atoms with van der Waals surface area (Å²) in [5.74, 6) is 0.401. The third-order valence-electron chi connectivity index (χ3n) is 4.59. The molecule has 0 heterocycles. The standard InChI is InChI=1S/C17H26N4O3/c18-12-15(13-6-2-1-3-7-13)20-17(22)10-11-19-14-8-4-5-9-16(14)21(23)24/h4-5,8-9,13,15,19H,1-3,6-7,10-12,18H2,(H,20,22). The van der Waals surface area contributed by atoms with Gasteiger partial charge in [0, 0.05) is 31.6 Å². The Morgan fingerprint density at radius 1 is 1.29 bits per heavy atom. The molecule has 0 aromatic heterocycles. The number of anilines is 1. The smallest absolute Gasteiger partial charge is 0.292 e. The van der Waals surface area contributed by atoms with Gasteiger partial charge in [0.1, 0.15) is 5.69 Å². The van der Waals surface area contributed by atoms with Crippen LogP contribution in [0.4, 0.5) is 11.4 Å². The average Bonchev–Trinajstić information content (AvgIpc) is 2.60. The van der Waals surface area contributed by atoms with E-state index >= 15 is 0 Å². The summed E-state index contributed by atoms with van der Waals surface area (Å²) >= 11 is 0. The molecule has 4 N–H and O–H groups in total. The second-order valence-corrected chi connectivity index (χ2v) is 6.26. The number of carbonyl (C=O) groups excluding carboxylic acids is 1. The molecule has 7 nitrogen and oxygen atoms in total. The van der Waals surface area contributed by atoms with E-state index in [0.29, 0.717) is 24.7 Å². The van der Waals surface area contributed by atoms with Gasteiger partial charge in [0.25, 0.3) is 5.69 Å². The molecule has 0 aliphatic heterocycles. The molecular formula is C17H26N4O3. The van der Waals surface area contributed by atoms with Gasteiger partial charge in [-0.05, 0) is 24.8 Å².